The molecule has 2 atom stereocenters. The monoisotopic (exact) mass is 405 g/mol. The maximum atomic E-state index is 13.5. The minimum absolute atomic E-state index is 0.0291. The van der Waals surface area contributed by atoms with Crippen molar-refractivity contribution in [3.05, 3.63) is 29.8 Å². The number of esters is 1. The number of nitrogens with zero attached hydrogens (tertiary/aromatic N) is 1. The molecule has 1 saturated heterocycles. The number of hydrogen-bond donors (Lipinski definition) is 0. The lowest BCUT2D eigenvalue weighted by Gasteiger charge is -2.35. The fraction of sp³-hybridized carbons (Fsp3) is 0.636. The molecule has 1 heterocycles. The number of carbonyl (C=O) groups is 2. The van der Waals surface area contributed by atoms with E-state index in [4.69, 9.17) is 9.47 Å². The molecular weight excluding hydrogens is 374 g/mol. The molecular formula is C22H31NO4S. The van der Waals surface area contributed by atoms with Crippen LogP contribution in [0.4, 0.5) is 0 Å². The Labute approximate surface area is 172 Å². The summed E-state index contributed by atoms with van der Waals surface area (Å²) < 4.78 is 10.9. The number of para-hydroxylation sites is 1. The zero-order valence-corrected chi connectivity index (χ0v) is 17.7. The molecule has 0 N–H and O–H groups in total. The van der Waals surface area contributed by atoms with Crippen LogP contribution in [0.2, 0.25) is 0 Å². The first-order chi connectivity index (χ1) is 13.7. The number of benzene rings is 1. The number of thioether (sulfide) groups is 1. The molecule has 6 heteroatoms. The van der Waals surface area contributed by atoms with Gasteiger partial charge in [0.1, 0.15) is 11.8 Å². The van der Waals surface area contributed by atoms with Gasteiger partial charge in [0.2, 0.25) is 0 Å². The largest absolute Gasteiger partial charge is 0.496 e. The zero-order valence-electron chi connectivity index (χ0n) is 16.9. The summed E-state index contributed by atoms with van der Waals surface area (Å²) in [5, 5.41) is 0.0291. The summed E-state index contributed by atoms with van der Waals surface area (Å²) in [6.07, 6.45) is 7.71. The summed E-state index contributed by atoms with van der Waals surface area (Å²) >= 11 is 1.73. The average Bonchev–Trinajstić information content (AvgIpc) is 3.19. The fourth-order valence-corrected chi connectivity index (χ4v) is 5.75. The highest BCUT2D eigenvalue weighted by Gasteiger charge is 2.46. The quantitative estimate of drug-likeness (QED) is 0.494. The van der Waals surface area contributed by atoms with Crippen LogP contribution < -0.4 is 4.74 Å². The van der Waals surface area contributed by atoms with E-state index in [2.05, 4.69) is 6.92 Å². The lowest BCUT2D eigenvalue weighted by molar-refractivity contribution is -0.148. The molecule has 1 aliphatic carbocycles. The molecule has 2 unspecified atom stereocenters. The normalized spacial score (nSPS) is 22.9. The summed E-state index contributed by atoms with van der Waals surface area (Å²) in [6, 6.07) is 6.74. The number of unbranched alkanes of at least 4 members (excludes halogenated alkanes) is 1. The van der Waals surface area contributed by atoms with Gasteiger partial charge in [-0.05, 0) is 37.3 Å². The van der Waals surface area contributed by atoms with Crippen molar-refractivity contribution in [1.82, 2.24) is 4.90 Å². The van der Waals surface area contributed by atoms with Crippen molar-refractivity contribution in [3.8, 4) is 5.75 Å². The SMILES string of the molecule is CCCCOC(=O)C1CSC(C2CCCCC2)N1C(=O)c1ccccc1OC. The van der Waals surface area contributed by atoms with Gasteiger partial charge in [-0.2, -0.15) is 0 Å². The molecule has 28 heavy (non-hydrogen) atoms. The van der Waals surface area contributed by atoms with Crippen molar-refractivity contribution in [2.24, 2.45) is 5.92 Å². The summed E-state index contributed by atoms with van der Waals surface area (Å²) in [5.74, 6) is 1.18. The Balaban J connectivity index is 1.85. The molecule has 2 aliphatic rings. The third-order valence-corrected chi connectivity index (χ3v) is 7.14. The van der Waals surface area contributed by atoms with E-state index in [1.807, 2.05) is 12.1 Å². The van der Waals surface area contributed by atoms with Crippen LogP contribution >= 0.6 is 11.8 Å². The van der Waals surface area contributed by atoms with Gasteiger partial charge in [0, 0.05) is 5.75 Å². The van der Waals surface area contributed by atoms with Gasteiger partial charge in [0.15, 0.2) is 0 Å². The van der Waals surface area contributed by atoms with E-state index in [9.17, 15) is 9.59 Å². The van der Waals surface area contributed by atoms with Crippen LogP contribution in [0.1, 0.15) is 62.2 Å². The molecule has 1 saturated carbocycles. The molecule has 5 nitrogen and oxygen atoms in total. The first kappa shape index (κ1) is 21.0. The van der Waals surface area contributed by atoms with E-state index < -0.39 is 6.04 Å². The van der Waals surface area contributed by atoms with Crippen LogP contribution in [-0.2, 0) is 9.53 Å². The highest BCUT2D eigenvalue weighted by molar-refractivity contribution is 8.00. The predicted molar refractivity (Wildman–Crippen MR) is 112 cm³/mol. The van der Waals surface area contributed by atoms with Crippen molar-refractivity contribution in [1.29, 1.82) is 0 Å². The van der Waals surface area contributed by atoms with E-state index in [0.717, 1.165) is 25.7 Å². The van der Waals surface area contributed by atoms with Gasteiger partial charge in [-0.1, -0.05) is 44.7 Å². The minimum atomic E-state index is -0.522. The number of amides is 1. The zero-order chi connectivity index (χ0) is 19.9. The van der Waals surface area contributed by atoms with Crippen LogP contribution in [0.5, 0.6) is 5.75 Å². The molecule has 1 aliphatic heterocycles. The summed E-state index contributed by atoms with van der Waals surface area (Å²) in [4.78, 5) is 28.1. The van der Waals surface area contributed by atoms with Gasteiger partial charge in [0.05, 0.1) is 24.7 Å². The van der Waals surface area contributed by atoms with Crippen LogP contribution in [0, 0.1) is 5.92 Å². The number of carbonyl (C=O) groups excluding carboxylic acids is 2. The Bertz CT molecular complexity index is 674. The van der Waals surface area contributed by atoms with E-state index in [0.29, 0.717) is 29.6 Å². The molecule has 0 bridgehead atoms. The van der Waals surface area contributed by atoms with Crippen molar-refractivity contribution in [2.45, 2.75) is 63.3 Å². The van der Waals surface area contributed by atoms with Gasteiger partial charge < -0.3 is 14.4 Å². The molecule has 3 rings (SSSR count). The van der Waals surface area contributed by atoms with E-state index in [-0.39, 0.29) is 17.3 Å². The second-order valence-electron chi connectivity index (χ2n) is 7.57. The maximum absolute atomic E-state index is 13.5. The van der Waals surface area contributed by atoms with Crippen molar-refractivity contribution >= 4 is 23.6 Å². The Morgan fingerprint density at radius 2 is 1.93 bits per heavy atom. The Hall–Kier alpha value is -1.69. The van der Waals surface area contributed by atoms with Gasteiger partial charge in [-0.25, -0.2) is 4.79 Å². The summed E-state index contributed by atoms with van der Waals surface area (Å²) in [5.41, 5.74) is 0.514. The van der Waals surface area contributed by atoms with Crippen LogP contribution in [-0.4, -0.2) is 47.7 Å². The van der Waals surface area contributed by atoms with E-state index in [1.165, 1.54) is 19.3 Å². The lowest BCUT2D eigenvalue weighted by Crippen LogP contribution is -2.48. The molecule has 0 radical (unpaired) electrons. The topological polar surface area (TPSA) is 55.8 Å². The van der Waals surface area contributed by atoms with Gasteiger partial charge >= 0.3 is 5.97 Å². The Morgan fingerprint density at radius 3 is 2.64 bits per heavy atom. The van der Waals surface area contributed by atoms with Gasteiger partial charge in [0.25, 0.3) is 5.91 Å². The maximum Gasteiger partial charge on any atom is 0.329 e. The molecule has 154 valence electrons. The van der Waals surface area contributed by atoms with Crippen molar-refractivity contribution < 1.29 is 19.1 Å². The number of methoxy groups -OCH3 is 1. The standard InChI is InChI=1S/C22H31NO4S/c1-3-4-14-27-22(25)18-15-28-21(16-10-6-5-7-11-16)23(18)20(24)17-12-8-9-13-19(17)26-2/h8-9,12-13,16,18,21H,3-7,10-11,14-15H2,1-2H3. The van der Waals surface area contributed by atoms with Crippen molar-refractivity contribution in [2.75, 3.05) is 19.5 Å². The van der Waals surface area contributed by atoms with Crippen molar-refractivity contribution in [3.63, 3.8) is 0 Å². The van der Waals surface area contributed by atoms with Crippen LogP contribution in [0.25, 0.3) is 0 Å². The number of hydrogen-bond acceptors (Lipinski definition) is 5. The fourth-order valence-electron chi connectivity index (χ4n) is 4.12. The second kappa shape index (κ2) is 10.2. The van der Waals surface area contributed by atoms with Gasteiger partial charge in [-0.15, -0.1) is 11.8 Å². The molecule has 1 amide bonds. The first-order valence-electron chi connectivity index (χ1n) is 10.4. The lowest BCUT2D eigenvalue weighted by atomic mass is 9.88. The highest BCUT2D eigenvalue weighted by atomic mass is 32.2. The molecule has 1 aromatic carbocycles. The summed E-state index contributed by atoms with van der Waals surface area (Å²) in [6.45, 7) is 2.48. The molecule has 1 aromatic rings. The van der Waals surface area contributed by atoms with Crippen LogP contribution in [0.3, 0.4) is 0 Å². The predicted octanol–water partition coefficient (Wildman–Crippen LogP) is 4.50. The molecule has 0 aromatic heterocycles. The number of rotatable bonds is 7. The first-order valence-corrected chi connectivity index (χ1v) is 11.5. The highest BCUT2D eigenvalue weighted by Crippen LogP contribution is 2.42. The minimum Gasteiger partial charge on any atom is -0.496 e. The molecule has 0 spiro atoms. The average molecular weight is 406 g/mol. The third kappa shape index (κ3) is 4.65. The van der Waals surface area contributed by atoms with Gasteiger partial charge in [-0.3, -0.25) is 4.79 Å². The van der Waals surface area contributed by atoms with E-state index >= 15 is 0 Å². The molecule has 2 fully saturated rings. The number of ether oxygens (including phenoxy) is 2. The van der Waals surface area contributed by atoms with E-state index in [1.54, 1.807) is 35.9 Å². The third-order valence-electron chi connectivity index (χ3n) is 5.67. The Morgan fingerprint density at radius 1 is 1.18 bits per heavy atom. The second-order valence-corrected chi connectivity index (χ2v) is 8.72. The Kier molecular flexibility index (Phi) is 7.65. The smallest absolute Gasteiger partial charge is 0.329 e. The van der Waals surface area contributed by atoms with Crippen LogP contribution in [0.15, 0.2) is 24.3 Å². The summed E-state index contributed by atoms with van der Waals surface area (Å²) in [7, 11) is 1.57.